The van der Waals surface area contributed by atoms with E-state index in [1.54, 1.807) is 6.07 Å². The minimum Gasteiger partial charge on any atom is -0.354 e. The fraction of sp³-hybridized carbons (Fsp3) is 0.273. The van der Waals surface area contributed by atoms with E-state index in [-0.39, 0.29) is 10.9 Å². The van der Waals surface area contributed by atoms with Gasteiger partial charge in [0.15, 0.2) is 0 Å². The average Bonchev–Trinajstić information content (AvgIpc) is 2.93. The van der Waals surface area contributed by atoms with E-state index in [2.05, 4.69) is 24.3 Å². The third-order valence-electron chi connectivity index (χ3n) is 5.44. The molecule has 0 aliphatic carbocycles. The summed E-state index contributed by atoms with van der Waals surface area (Å²) in [5, 5.41) is 0.0276. The summed E-state index contributed by atoms with van der Waals surface area (Å²) in [6.07, 6.45) is 0. The van der Waals surface area contributed by atoms with Crippen molar-refractivity contribution in [1.29, 1.82) is 0 Å². The third kappa shape index (κ3) is 3.43. The Bertz CT molecular complexity index is 934. The molecule has 1 N–H and O–H groups in total. The van der Waals surface area contributed by atoms with Crippen LogP contribution in [0.2, 0.25) is 0 Å². The number of aryl methyl sites for hydroxylation is 1. The molecule has 0 radical (unpaired) electrons. The Labute approximate surface area is 169 Å². The first-order valence-electron chi connectivity index (χ1n) is 9.53. The molecule has 2 aromatic rings. The zero-order valence-electron chi connectivity index (χ0n) is 15.8. The predicted molar refractivity (Wildman–Crippen MR) is 109 cm³/mol. The second kappa shape index (κ2) is 7.78. The van der Waals surface area contributed by atoms with Gasteiger partial charge in [-0.2, -0.15) is 0 Å². The van der Waals surface area contributed by atoms with Crippen LogP contribution in [0.1, 0.15) is 11.1 Å². The van der Waals surface area contributed by atoms with Crippen LogP contribution in [-0.4, -0.2) is 42.9 Å². The molecule has 0 unspecified atom stereocenters. The molecule has 144 valence electrons. The lowest BCUT2D eigenvalue weighted by Gasteiger charge is -2.34. The molecule has 5 nitrogen and oxygen atoms in total. The summed E-state index contributed by atoms with van der Waals surface area (Å²) in [5.41, 5.74) is 3.11. The minimum absolute atomic E-state index is 0.0276. The van der Waals surface area contributed by atoms with Gasteiger partial charge in [0.25, 0.3) is 11.8 Å². The number of para-hydroxylation sites is 1. The number of benzene rings is 2. The normalized spacial score (nSPS) is 18.4. The van der Waals surface area contributed by atoms with Crippen molar-refractivity contribution in [1.82, 2.24) is 4.90 Å². The van der Waals surface area contributed by atoms with Gasteiger partial charge in [0, 0.05) is 5.56 Å². The minimum atomic E-state index is -0.435. The molecule has 1 fully saturated rings. The van der Waals surface area contributed by atoms with Crippen LogP contribution in [0.15, 0.2) is 65.3 Å². The van der Waals surface area contributed by atoms with Crippen molar-refractivity contribution in [3.63, 3.8) is 0 Å². The van der Waals surface area contributed by atoms with Gasteiger partial charge < -0.3 is 9.80 Å². The van der Waals surface area contributed by atoms with Crippen molar-refractivity contribution in [2.75, 3.05) is 31.1 Å². The van der Waals surface area contributed by atoms with E-state index in [9.17, 15) is 9.59 Å². The number of piperazine rings is 1. The lowest BCUT2D eigenvalue weighted by molar-refractivity contribution is -0.917. The molecule has 2 amide bonds. The van der Waals surface area contributed by atoms with Crippen LogP contribution in [0, 0.1) is 6.92 Å². The highest BCUT2D eigenvalue weighted by molar-refractivity contribution is 6.52. The van der Waals surface area contributed by atoms with Gasteiger partial charge in [0.1, 0.15) is 17.3 Å². The van der Waals surface area contributed by atoms with Crippen LogP contribution in [0.25, 0.3) is 0 Å². The van der Waals surface area contributed by atoms with Gasteiger partial charge in [-0.15, -0.1) is 0 Å². The molecule has 2 aromatic carbocycles. The summed E-state index contributed by atoms with van der Waals surface area (Å²) >= 11 is 6.34. The summed E-state index contributed by atoms with van der Waals surface area (Å²) < 4.78 is 0. The van der Waals surface area contributed by atoms with E-state index in [0.717, 1.165) is 25.2 Å². The maximum Gasteiger partial charge on any atom is 0.283 e. The molecule has 6 heteroatoms. The summed E-state index contributed by atoms with van der Waals surface area (Å²) in [6, 6.07) is 17.8. The van der Waals surface area contributed by atoms with Crippen molar-refractivity contribution in [2.45, 2.75) is 13.5 Å². The van der Waals surface area contributed by atoms with Gasteiger partial charge in [-0.3, -0.25) is 9.59 Å². The Kier molecular flexibility index (Phi) is 5.20. The van der Waals surface area contributed by atoms with E-state index < -0.39 is 5.91 Å². The molecule has 28 heavy (non-hydrogen) atoms. The second-order valence-electron chi connectivity index (χ2n) is 7.29. The molecule has 2 aliphatic heterocycles. The van der Waals surface area contributed by atoms with Crippen molar-refractivity contribution in [2.24, 2.45) is 0 Å². The summed E-state index contributed by atoms with van der Waals surface area (Å²) in [5.74, 6) is -0.758. The highest BCUT2D eigenvalue weighted by Crippen LogP contribution is 2.32. The molecule has 4 rings (SSSR count). The Morgan fingerprint density at radius 2 is 1.57 bits per heavy atom. The van der Waals surface area contributed by atoms with E-state index in [1.807, 2.05) is 36.1 Å². The predicted octanol–water partition coefficient (Wildman–Crippen LogP) is 1.72. The highest BCUT2D eigenvalue weighted by Gasteiger charge is 2.42. The Balaban J connectivity index is 1.47. The molecule has 0 bridgehead atoms. The van der Waals surface area contributed by atoms with E-state index in [0.29, 0.717) is 24.5 Å². The number of nitrogens with one attached hydrogen (secondary N) is 1. The number of amides is 2. The zero-order chi connectivity index (χ0) is 19.7. The molecular weight excluding hydrogens is 374 g/mol. The van der Waals surface area contributed by atoms with Crippen LogP contribution in [0.4, 0.5) is 5.69 Å². The zero-order valence-corrected chi connectivity index (χ0v) is 16.6. The smallest absolute Gasteiger partial charge is 0.283 e. The Morgan fingerprint density at radius 1 is 0.929 bits per heavy atom. The third-order valence-corrected chi connectivity index (χ3v) is 5.79. The molecule has 0 atom stereocenters. The van der Waals surface area contributed by atoms with Crippen molar-refractivity contribution < 1.29 is 14.5 Å². The van der Waals surface area contributed by atoms with Crippen LogP contribution in [-0.2, 0) is 16.1 Å². The molecule has 2 aliphatic rings. The summed E-state index contributed by atoms with van der Waals surface area (Å²) in [7, 11) is 0. The SMILES string of the molecule is Cc1ccccc1N1C(=O)C(Cl)=C(N2CC[NH+](Cc3ccccc3)CC2)C1=O. The molecule has 1 saturated heterocycles. The monoisotopic (exact) mass is 396 g/mol. The highest BCUT2D eigenvalue weighted by atomic mass is 35.5. The molecule has 0 spiro atoms. The Hall–Kier alpha value is -2.63. The van der Waals surface area contributed by atoms with Gasteiger partial charge in [-0.25, -0.2) is 4.90 Å². The number of carbonyl (C=O) groups is 2. The first-order valence-corrected chi connectivity index (χ1v) is 9.90. The first kappa shape index (κ1) is 18.7. The molecule has 2 heterocycles. The largest absolute Gasteiger partial charge is 0.354 e. The van der Waals surface area contributed by atoms with E-state index in [1.165, 1.54) is 15.4 Å². The quantitative estimate of drug-likeness (QED) is 0.800. The summed E-state index contributed by atoms with van der Waals surface area (Å²) in [6.45, 7) is 6.04. The topological polar surface area (TPSA) is 45.1 Å². The van der Waals surface area contributed by atoms with E-state index in [4.69, 9.17) is 11.6 Å². The number of halogens is 1. The van der Waals surface area contributed by atoms with Crippen LogP contribution >= 0.6 is 11.6 Å². The molecule has 0 saturated carbocycles. The number of anilines is 1. The maximum atomic E-state index is 13.1. The molecule has 0 aromatic heterocycles. The van der Waals surface area contributed by atoms with Crippen molar-refractivity contribution >= 4 is 29.1 Å². The van der Waals surface area contributed by atoms with Gasteiger partial charge in [0.2, 0.25) is 0 Å². The van der Waals surface area contributed by atoms with Crippen LogP contribution in [0.5, 0.6) is 0 Å². The standard InChI is InChI=1S/C22H22ClN3O2/c1-16-7-5-6-10-18(16)26-21(27)19(23)20(22(26)28)25-13-11-24(12-14-25)15-17-8-3-2-4-9-17/h2-10H,11-15H2,1H3/p+1. The summed E-state index contributed by atoms with van der Waals surface area (Å²) in [4.78, 5) is 30.4. The van der Waals surface area contributed by atoms with Gasteiger partial charge in [0.05, 0.1) is 31.9 Å². The van der Waals surface area contributed by atoms with Crippen molar-refractivity contribution in [3.8, 4) is 0 Å². The van der Waals surface area contributed by atoms with Gasteiger partial charge in [-0.05, 0) is 18.6 Å². The van der Waals surface area contributed by atoms with Crippen LogP contribution < -0.4 is 9.80 Å². The van der Waals surface area contributed by atoms with Gasteiger partial charge in [-0.1, -0.05) is 60.1 Å². The maximum absolute atomic E-state index is 13.1. The molecular formula is C22H23ClN3O2+. The average molecular weight is 397 g/mol. The fourth-order valence-corrected chi connectivity index (χ4v) is 4.19. The number of rotatable bonds is 4. The number of quaternary nitrogens is 1. The van der Waals surface area contributed by atoms with Gasteiger partial charge >= 0.3 is 0 Å². The number of hydrogen-bond acceptors (Lipinski definition) is 3. The second-order valence-corrected chi connectivity index (χ2v) is 7.67. The number of nitrogens with zero attached hydrogens (tertiary/aromatic N) is 2. The Morgan fingerprint density at radius 3 is 2.25 bits per heavy atom. The van der Waals surface area contributed by atoms with Crippen molar-refractivity contribution in [3.05, 3.63) is 76.5 Å². The fourth-order valence-electron chi connectivity index (χ4n) is 3.91. The number of carbonyl (C=O) groups excluding carboxylic acids is 2. The first-order chi connectivity index (χ1) is 13.6. The number of hydrogen-bond donors (Lipinski definition) is 1. The lowest BCUT2D eigenvalue weighted by Crippen LogP contribution is -3.13. The van der Waals surface area contributed by atoms with Crippen LogP contribution in [0.3, 0.4) is 0 Å². The lowest BCUT2D eigenvalue weighted by atomic mass is 10.2. The van der Waals surface area contributed by atoms with E-state index >= 15 is 0 Å². The number of imide groups is 1.